The van der Waals surface area contributed by atoms with Gasteiger partial charge >= 0.3 is 5.97 Å². The molecule has 2 N–H and O–H groups in total. The van der Waals surface area contributed by atoms with Crippen molar-refractivity contribution in [2.75, 3.05) is 7.11 Å². The van der Waals surface area contributed by atoms with E-state index >= 15 is 0 Å². The summed E-state index contributed by atoms with van der Waals surface area (Å²) in [6.45, 7) is 1.40. The second-order valence-electron chi connectivity index (χ2n) is 6.20. The minimum Gasteiger partial charge on any atom is -0.467 e. The Kier molecular flexibility index (Phi) is 7.55. The first-order chi connectivity index (χ1) is 13.0. The van der Waals surface area contributed by atoms with Crippen LogP contribution in [-0.2, 0) is 25.5 Å². The summed E-state index contributed by atoms with van der Waals surface area (Å²) in [5.74, 6) is -1.09. The van der Waals surface area contributed by atoms with E-state index in [-0.39, 0.29) is 18.2 Å². The molecule has 0 unspecified atom stereocenters. The summed E-state index contributed by atoms with van der Waals surface area (Å²) in [5.41, 5.74) is 1.73. The molecular weight excluding hydrogens is 344 g/mol. The van der Waals surface area contributed by atoms with E-state index in [0.29, 0.717) is 6.42 Å². The van der Waals surface area contributed by atoms with Crippen LogP contribution in [0, 0.1) is 0 Å². The van der Waals surface area contributed by atoms with Crippen molar-refractivity contribution in [3.63, 3.8) is 0 Å². The van der Waals surface area contributed by atoms with E-state index in [1.165, 1.54) is 14.0 Å². The molecule has 0 bridgehead atoms. The van der Waals surface area contributed by atoms with Crippen LogP contribution in [-0.4, -0.2) is 30.9 Å². The molecule has 2 aromatic carbocycles. The standard InChI is InChI=1S/C21H24N2O4/c1-15(24)22-18(17-11-7-4-8-12-17)14-20(25)23-19(21(26)27-2)13-16-9-5-3-6-10-16/h3-12,18-19H,13-14H2,1-2H3,(H,22,24)(H,23,25)/t18-,19+/m1/s1. The predicted molar refractivity (Wildman–Crippen MR) is 102 cm³/mol. The molecule has 142 valence electrons. The number of nitrogens with one attached hydrogen (secondary N) is 2. The molecule has 2 amide bonds. The fourth-order valence-electron chi connectivity index (χ4n) is 2.81. The molecule has 6 heteroatoms. The van der Waals surface area contributed by atoms with Gasteiger partial charge in [-0.15, -0.1) is 0 Å². The first-order valence-corrected chi connectivity index (χ1v) is 8.72. The van der Waals surface area contributed by atoms with Crippen LogP contribution < -0.4 is 10.6 Å². The Morgan fingerprint density at radius 1 is 0.926 bits per heavy atom. The molecule has 0 spiro atoms. The summed E-state index contributed by atoms with van der Waals surface area (Å²) in [5, 5.41) is 5.50. The van der Waals surface area contributed by atoms with E-state index in [9.17, 15) is 14.4 Å². The summed E-state index contributed by atoms with van der Waals surface area (Å²) in [6.07, 6.45) is 0.348. The molecule has 2 atom stereocenters. The SMILES string of the molecule is COC(=O)[C@H](Cc1ccccc1)NC(=O)C[C@@H](NC(C)=O)c1ccccc1. The molecule has 0 heterocycles. The second kappa shape index (κ2) is 10.1. The van der Waals surface area contributed by atoms with Crippen LogP contribution in [0.3, 0.4) is 0 Å². The molecule has 0 aliphatic carbocycles. The Labute approximate surface area is 158 Å². The average molecular weight is 368 g/mol. The Hall–Kier alpha value is -3.15. The van der Waals surface area contributed by atoms with Gasteiger partial charge in [0, 0.05) is 13.3 Å². The minimum atomic E-state index is -0.793. The van der Waals surface area contributed by atoms with Crippen LogP contribution in [0.25, 0.3) is 0 Å². The van der Waals surface area contributed by atoms with Crippen molar-refractivity contribution in [2.45, 2.75) is 31.8 Å². The summed E-state index contributed by atoms with van der Waals surface area (Å²) in [7, 11) is 1.29. The van der Waals surface area contributed by atoms with Gasteiger partial charge in [-0.3, -0.25) is 9.59 Å². The first-order valence-electron chi connectivity index (χ1n) is 8.72. The maximum Gasteiger partial charge on any atom is 0.328 e. The lowest BCUT2D eigenvalue weighted by molar-refractivity contribution is -0.145. The molecule has 0 radical (unpaired) electrons. The third-order valence-electron chi connectivity index (χ3n) is 4.07. The summed E-state index contributed by atoms with van der Waals surface area (Å²) in [6, 6.07) is 17.3. The monoisotopic (exact) mass is 368 g/mol. The van der Waals surface area contributed by atoms with Gasteiger partial charge in [-0.2, -0.15) is 0 Å². The van der Waals surface area contributed by atoms with Crippen LogP contribution in [0.1, 0.15) is 30.5 Å². The van der Waals surface area contributed by atoms with Crippen molar-refractivity contribution in [3.8, 4) is 0 Å². The lowest BCUT2D eigenvalue weighted by Crippen LogP contribution is -2.44. The maximum absolute atomic E-state index is 12.6. The fraction of sp³-hybridized carbons (Fsp3) is 0.286. The molecular formula is C21H24N2O4. The van der Waals surface area contributed by atoms with Crippen molar-refractivity contribution in [1.82, 2.24) is 10.6 Å². The normalized spacial score (nSPS) is 12.5. The third kappa shape index (κ3) is 6.58. The molecule has 6 nitrogen and oxygen atoms in total. The largest absolute Gasteiger partial charge is 0.467 e. The van der Waals surface area contributed by atoms with Crippen LogP contribution in [0.15, 0.2) is 60.7 Å². The first kappa shape index (κ1) is 20.2. The minimum absolute atomic E-state index is 0.0197. The molecule has 0 fully saturated rings. The molecule has 0 saturated carbocycles. The zero-order valence-electron chi connectivity index (χ0n) is 15.5. The average Bonchev–Trinajstić information content (AvgIpc) is 2.67. The quantitative estimate of drug-likeness (QED) is 0.700. The summed E-state index contributed by atoms with van der Waals surface area (Å²) >= 11 is 0. The number of carbonyl (C=O) groups excluding carboxylic acids is 3. The number of methoxy groups -OCH3 is 1. The number of amides is 2. The van der Waals surface area contributed by atoms with Crippen LogP contribution in [0.2, 0.25) is 0 Å². The van der Waals surface area contributed by atoms with E-state index in [4.69, 9.17) is 4.74 Å². The zero-order chi connectivity index (χ0) is 19.6. The maximum atomic E-state index is 12.6. The number of ether oxygens (including phenoxy) is 1. The van der Waals surface area contributed by atoms with Gasteiger partial charge in [0.1, 0.15) is 6.04 Å². The van der Waals surface area contributed by atoms with E-state index in [0.717, 1.165) is 11.1 Å². The van der Waals surface area contributed by atoms with Gasteiger partial charge in [0.25, 0.3) is 0 Å². The van der Waals surface area contributed by atoms with Gasteiger partial charge in [0.15, 0.2) is 0 Å². The van der Waals surface area contributed by atoms with Crippen molar-refractivity contribution in [2.24, 2.45) is 0 Å². The van der Waals surface area contributed by atoms with E-state index in [2.05, 4.69) is 10.6 Å². The fourth-order valence-corrected chi connectivity index (χ4v) is 2.81. The molecule has 0 aliphatic heterocycles. The number of carbonyl (C=O) groups is 3. The Bertz CT molecular complexity index is 762. The van der Waals surface area contributed by atoms with Gasteiger partial charge in [0.05, 0.1) is 19.6 Å². The van der Waals surface area contributed by atoms with Crippen molar-refractivity contribution < 1.29 is 19.1 Å². The zero-order valence-corrected chi connectivity index (χ0v) is 15.5. The smallest absolute Gasteiger partial charge is 0.328 e. The molecule has 0 aliphatic rings. The number of esters is 1. The van der Waals surface area contributed by atoms with Crippen LogP contribution in [0.4, 0.5) is 0 Å². The van der Waals surface area contributed by atoms with Crippen molar-refractivity contribution in [1.29, 1.82) is 0 Å². The topological polar surface area (TPSA) is 84.5 Å². The van der Waals surface area contributed by atoms with Gasteiger partial charge in [0.2, 0.25) is 11.8 Å². The predicted octanol–water partition coefficient (Wildman–Crippen LogP) is 2.15. The van der Waals surface area contributed by atoms with Gasteiger partial charge < -0.3 is 15.4 Å². The van der Waals surface area contributed by atoms with E-state index in [1.54, 1.807) is 0 Å². The Morgan fingerprint density at radius 2 is 1.52 bits per heavy atom. The van der Waals surface area contributed by atoms with Gasteiger partial charge in [-0.1, -0.05) is 60.7 Å². The Morgan fingerprint density at radius 3 is 2.07 bits per heavy atom. The van der Waals surface area contributed by atoms with Gasteiger partial charge in [-0.25, -0.2) is 4.79 Å². The number of benzene rings is 2. The van der Waals surface area contributed by atoms with Crippen molar-refractivity contribution in [3.05, 3.63) is 71.8 Å². The molecule has 2 aromatic rings. The molecule has 0 saturated heterocycles. The Balaban J connectivity index is 2.08. The summed E-state index contributed by atoms with van der Waals surface area (Å²) < 4.78 is 4.82. The van der Waals surface area contributed by atoms with E-state index in [1.807, 2.05) is 60.7 Å². The number of rotatable bonds is 8. The lowest BCUT2D eigenvalue weighted by Gasteiger charge is -2.21. The molecule has 2 rings (SSSR count). The lowest BCUT2D eigenvalue weighted by atomic mass is 10.0. The van der Waals surface area contributed by atoms with Crippen LogP contribution >= 0.6 is 0 Å². The molecule has 0 aromatic heterocycles. The highest BCUT2D eigenvalue weighted by molar-refractivity contribution is 5.85. The highest BCUT2D eigenvalue weighted by Gasteiger charge is 2.24. The highest BCUT2D eigenvalue weighted by Crippen LogP contribution is 2.17. The van der Waals surface area contributed by atoms with Crippen LogP contribution in [0.5, 0.6) is 0 Å². The van der Waals surface area contributed by atoms with Crippen molar-refractivity contribution >= 4 is 17.8 Å². The third-order valence-corrected chi connectivity index (χ3v) is 4.07. The highest BCUT2D eigenvalue weighted by atomic mass is 16.5. The van der Waals surface area contributed by atoms with Gasteiger partial charge in [-0.05, 0) is 11.1 Å². The second-order valence-corrected chi connectivity index (χ2v) is 6.20. The number of hydrogen-bond donors (Lipinski definition) is 2. The molecule has 27 heavy (non-hydrogen) atoms. The van der Waals surface area contributed by atoms with E-state index < -0.39 is 18.1 Å². The number of hydrogen-bond acceptors (Lipinski definition) is 4. The summed E-state index contributed by atoms with van der Waals surface area (Å²) in [4.78, 5) is 36.1.